The number of hydrogen-bond donors (Lipinski definition) is 3. The molecule has 2 aromatic carbocycles. The fourth-order valence-corrected chi connectivity index (χ4v) is 17.5. The van der Waals surface area contributed by atoms with Gasteiger partial charge in [0, 0.05) is 45.6 Å². The van der Waals surface area contributed by atoms with Crippen molar-refractivity contribution in [2.24, 2.45) is 75.2 Å². The van der Waals surface area contributed by atoms with Gasteiger partial charge < -0.3 is 35.3 Å². The summed E-state index contributed by atoms with van der Waals surface area (Å²) in [5, 5.41) is 6.63. The summed E-state index contributed by atoms with van der Waals surface area (Å²) in [5.74, 6) is 6.96. The lowest BCUT2D eigenvalue weighted by Crippen LogP contribution is -2.53. The third kappa shape index (κ3) is 10.4. The first-order valence-corrected chi connectivity index (χ1v) is 27.4. The molecule has 0 radical (unpaired) electrons. The highest BCUT2D eigenvalue weighted by Crippen LogP contribution is 2.65. The number of carbonyl (C=O) groups excluding carboxylic acids is 2. The highest BCUT2D eigenvalue weighted by molar-refractivity contribution is 5.68. The minimum Gasteiger partial charge on any atom is -0.445 e. The molecule has 9 aliphatic carbocycles. The molecule has 6 bridgehead atoms. The molecule has 9 fully saturated rings. The summed E-state index contributed by atoms with van der Waals surface area (Å²) in [6.45, 7) is 4.83. The molecular formula is C58H87N3O6. The Balaban J connectivity index is 0.000000130. The van der Waals surface area contributed by atoms with Gasteiger partial charge in [0.15, 0.2) is 0 Å². The molecule has 2 aromatic rings. The van der Waals surface area contributed by atoms with Gasteiger partial charge in [-0.1, -0.05) is 99.7 Å². The average molecular weight is 922 g/mol. The van der Waals surface area contributed by atoms with E-state index in [1.807, 2.05) is 67.8 Å². The molecular weight excluding hydrogens is 835 g/mol. The predicted molar refractivity (Wildman–Crippen MR) is 265 cm³/mol. The van der Waals surface area contributed by atoms with Crippen LogP contribution in [0.15, 0.2) is 60.7 Å². The van der Waals surface area contributed by atoms with Crippen molar-refractivity contribution in [3.63, 3.8) is 0 Å². The normalized spacial score (nSPS) is 39.7. The average Bonchev–Trinajstić information content (AvgIpc) is 4.24. The molecule has 9 aliphatic rings. The molecule has 370 valence electrons. The minimum absolute atomic E-state index is 0.223. The van der Waals surface area contributed by atoms with Crippen LogP contribution in [-0.4, -0.2) is 57.7 Å². The first-order valence-electron chi connectivity index (χ1n) is 27.4. The van der Waals surface area contributed by atoms with E-state index < -0.39 is 0 Å². The van der Waals surface area contributed by atoms with Gasteiger partial charge in [-0.15, -0.1) is 0 Å². The summed E-state index contributed by atoms with van der Waals surface area (Å²) in [4.78, 5) is 25.0. The van der Waals surface area contributed by atoms with Crippen molar-refractivity contribution in [1.82, 2.24) is 10.6 Å². The van der Waals surface area contributed by atoms with Gasteiger partial charge in [0.25, 0.3) is 0 Å². The monoisotopic (exact) mass is 922 g/mol. The zero-order valence-corrected chi connectivity index (χ0v) is 41.6. The smallest absolute Gasteiger partial charge is 0.407 e. The summed E-state index contributed by atoms with van der Waals surface area (Å²) < 4.78 is 21.9. The van der Waals surface area contributed by atoms with Gasteiger partial charge in [-0.3, -0.25) is 0 Å². The molecule has 0 saturated heterocycles. The zero-order valence-electron chi connectivity index (χ0n) is 41.6. The number of alkyl carbamates (subject to hydrolysis) is 2. The minimum atomic E-state index is -0.250. The molecule has 15 atom stereocenters. The van der Waals surface area contributed by atoms with Crippen LogP contribution in [0.25, 0.3) is 0 Å². The van der Waals surface area contributed by atoms with Crippen LogP contribution in [0.4, 0.5) is 9.59 Å². The molecule has 0 unspecified atom stereocenters. The van der Waals surface area contributed by atoms with Crippen LogP contribution in [0.2, 0.25) is 0 Å². The lowest BCUT2D eigenvalue weighted by molar-refractivity contribution is 0.00745. The fraction of sp³-hybridized carbons (Fsp3) is 0.759. The van der Waals surface area contributed by atoms with Crippen molar-refractivity contribution in [1.29, 1.82) is 0 Å². The van der Waals surface area contributed by atoms with Crippen LogP contribution in [0, 0.1) is 69.5 Å². The molecule has 9 nitrogen and oxygen atoms in total. The first kappa shape index (κ1) is 48.9. The second-order valence-corrected chi connectivity index (χ2v) is 23.6. The van der Waals surface area contributed by atoms with Gasteiger partial charge in [0.05, 0.1) is 0 Å². The second kappa shape index (κ2) is 21.9. The topological polar surface area (TPSA) is 121 Å². The number of rotatable bonds is 11. The number of nitrogens with one attached hydrogen (secondary N) is 2. The summed E-state index contributed by atoms with van der Waals surface area (Å²) >= 11 is 0. The van der Waals surface area contributed by atoms with E-state index in [1.54, 1.807) is 7.11 Å². The summed E-state index contributed by atoms with van der Waals surface area (Å²) in [6.07, 6.45) is 28.7. The second-order valence-electron chi connectivity index (χ2n) is 23.6. The Bertz CT molecular complexity index is 1890. The molecule has 67 heavy (non-hydrogen) atoms. The van der Waals surface area contributed by atoms with E-state index in [-0.39, 0.29) is 23.6 Å². The lowest BCUT2D eigenvalue weighted by Gasteiger charge is -2.49. The Morgan fingerprint density at radius 1 is 0.552 bits per heavy atom. The summed E-state index contributed by atoms with van der Waals surface area (Å²) in [6, 6.07) is 21.0. The van der Waals surface area contributed by atoms with Gasteiger partial charge in [-0.2, -0.15) is 0 Å². The van der Waals surface area contributed by atoms with Gasteiger partial charge in [-0.25, -0.2) is 9.59 Å². The SMILES string of the molecule is CC[C@@H]1CCC[C@@]2(C1)[C@H]1CC[C@H](C1)[C@H]2NC(=O)OCc1ccccc1.COC[C@@H]1CCC[C@@]2(C1)[C@H]1CC[C@H](C1)[C@H]2N.COC[C@@H]1CCC[C@@]2(C1)[C@H]1CC[C@H](C1)[C@H]2NC(=O)OCc1ccccc1. The number of amides is 2. The number of carbonyl (C=O) groups is 2. The van der Waals surface area contributed by atoms with E-state index >= 15 is 0 Å². The van der Waals surface area contributed by atoms with Gasteiger partial charge in [0.2, 0.25) is 0 Å². The molecule has 0 aromatic heterocycles. The molecule has 0 aliphatic heterocycles. The Kier molecular flexibility index (Phi) is 16.0. The molecule has 3 spiro atoms. The molecule has 4 N–H and O–H groups in total. The number of fused-ring (bicyclic) bond motifs is 9. The Hall–Kier alpha value is -3.14. The van der Waals surface area contributed by atoms with Crippen LogP contribution >= 0.6 is 0 Å². The van der Waals surface area contributed by atoms with Gasteiger partial charge in [0.1, 0.15) is 13.2 Å². The molecule has 9 saturated carbocycles. The van der Waals surface area contributed by atoms with Crippen molar-refractivity contribution in [2.45, 2.75) is 180 Å². The lowest BCUT2D eigenvalue weighted by atomic mass is 9.59. The highest BCUT2D eigenvalue weighted by Gasteiger charge is 2.61. The number of hydrogen-bond acceptors (Lipinski definition) is 7. The van der Waals surface area contributed by atoms with E-state index in [9.17, 15) is 9.59 Å². The van der Waals surface area contributed by atoms with Gasteiger partial charge in [-0.05, 0) is 190 Å². The van der Waals surface area contributed by atoms with Crippen molar-refractivity contribution in [2.75, 3.05) is 27.4 Å². The Morgan fingerprint density at radius 3 is 1.40 bits per heavy atom. The molecule has 9 heteroatoms. The van der Waals surface area contributed by atoms with Crippen molar-refractivity contribution in [3.8, 4) is 0 Å². The number of methoxy groups -OCH3 is 2. The Morgan fingerprint density at radius 2 is 0.955 bits per heavy atom. The van der Waals surface area contributed by atoms with E-state index in [4.69, 9.17) is 24.7 Å². The van der Waals surface area contributed by atoms with E-state index in [0.717, 1.165) is 59.8 Å². The number of ether oxygens (including phenoxy) is 4. The maximum atomic E-state index is 12.5. The third-order valence-electron chi connectivity index (χ3n) is 20.3. The molecule has 0 heterocycles. The van der Waals surface area contributed by atoms with Crippen LogP contribution in [0.1, 0.15) is 159 Å². The Labute approximate surface area is 403 Å². The van der Waals surface area contributed by atoms with Crippen LogP contribution < -0.4 is 16.4 Å². The molecule has 11 rings (SSSR count). The first-order chi connectivity index (χ1) is 32.7. The summed E-state index contributed by atoms with van der Waals surface area (Å²) in [7, 11) is 3.64. The maximum Gasteiger partial charge on any atom is 0.407 e. The van der Waals surface area contributed by atoms with Gasteiger partial charge >= 0.3 is 12.2 Å². The van der Waals surface area contributed by atoms with Crippen LogP contribution in [0.5, 0.6) is 0 Å². The largest absolute Gasteiger partial charge is 0.445 e. The third-order valence-corrected chi connectivity index (χ3v) is 20.3. The summed E-state index contributed by atoms with van der Waals surface area (Å²) in [5.41, 5.74) is 9.77. The van der Waals surface area contributed by atoms with Crippen molar-refractivity contribution in [3.05, 3.63) is 71.8 Å². The number of nitrogens with two attached hydrogens (primary N) is 1. The van der Waals surface area contributed by atoms with Crippen molar-refractivity contribution < 1.29 is 28.5 Å². The number of benzene rings is 2. The molecule has 2 amide bonds. The van der Waals surface area contributed by atoms with E-state index in [2.05, 4.69) is 17.6 Å². The van der Waals surface area contributed by atoms with Crippen LogP contribution in [0.3, 0.4) is 0 Å². The van der Waals surface area contributed by atoms with Crippen molar-refractivity contribution >= 4 is 12.2 Å². The van der Waals surface area contributed by atoms with E-state index in [0.29, 0.717) is 53.9 Å². The standard InChI is InChI=1S/C22H31NO3.C22H31NO2.C14H25NO/c1-25-14-17-8-5-11-22(13-17)19-10-9-18(12-19)20(22)23-21(24)26-15-16-6-3-2-4-7-16;1-2-16-9-6-12-22(14-16)19-11-10-18(13-19)20(22)23-21(24)25-15-17-7-4-3-5-8-17;1-16-9-10-3-2-6-14(8-10)12-5-4-11(7-12)13(14)15/h2-4,6-7,17-20H,5,8-15H2,1H3,(H,23,24);3-5,7-8,16,18-20H,2,6,9-15H2,1H3,(H,23,24);10-13H,2-9,15H2,1H3/t17-,18-,19+,20-,22-;16-,18-,19+,20-,22-;10-,11-,12+,13-,14-/m111/s1. The predicted octanol–water partition coefficient (Wildman–Crippen LogP) is 12.4. The van der Waals surface area contributed by atoms with Crippen LogP contribution in [-0.2, 0) is 32.2 Å². The maximum absolute atomic E-state index is 12.5. The zero-order chi connectivity index (χ0) is 46.4. The highest BCUT2D eigenvalue weighted by atomic mass is 16.6. The van der Waals surface area contributed by atoms with E-state index in [1.165, 1.54) is 141 Å². The fourth-order valence-electron chi connectivity index (χ4n) is 17.5. The quantitative estimate of drug-likeness (QED) is 0.205.